The molecule has 2 aromatic carbocycles. The van der Waals surface area contributed by atoms with Crippen LogP contribution in [0.4, 0.5) is 24.5 Å². The maximum absolute atomic E-state index is 13.7. The van der Waals surface area contributed by atoms with Gasteiger partial charge in [-0.2, -0.15) is 13.2 Å². The van der Waals surface area contributed by atoms with E-state index >= 15 is 0 Å². The van der Waals surface area contributed by atoms with E-state index in [1.54, 1.807) is 6.07 Å². The van der Waals surface area contributed by atoms with E-state index in [-0.39, 0.29) is 30.6 Å². The molecule has 2 atom stereocenters. The molecule has 6 rings (SSSR count). The van der Waals surface area contributed by atoms with Crippen LogP contribution >= 0.6 is 0 Å². The SMILES string of the molecule is O=C1CN(c2cc3c(=O)n([C@H]4CCCC[C@@H]4O)cnc3c3ccccc23)CCN1c1ccc(C(F)(F)F)nc1. The zero-order chi connectivity index (χ0) is 27.3. The summed E-state index contributed by atoms with van der Waals surface area (Å²) in [7, 11) is 0. The Kier molecular flexibility index (Phi) is 6.25. The first-order chi connectivity index (χ1) is 18.7. The van der Waals surface area contributed by atoms with Crippen LogP contribution in [0.2, 0.25) is 0 Å². The largest absolute Gasteiger partial charge is 0.433 e. The van der Waals surface area contributed by atoms with Gasteiger partial charge < -0.3 is 14.9 Å². The summed E-state index contributed by atoms with van der Waals surface area (Å²) in [5, 5.41) is 12.6. The van der Waals surface area contributed by atoms with Crippen LogP contribution < -0.4 is 15.4 Å². The molecule has 1 amide bonds. The summed E-state index contributed by atoms with van der Waals surface area (Å²) in [6.45, 7) is 0.619. The van der Waals surface area contributed by atoms with Crippen LogP contribution in [-0.4, -0.2) is 51.3 Å². The summed E-state index contributed by atoms with van der Waals surface area (Å²) in [4.78, 5) is 38.2. The van der Waals surface area contributed by atoms with Crippen LogP contribution in [0, 0.1) is 0 Å². The number of alkyl halides is 3. The van der Waals surface area contributed by atoms with Crippen molar-refractivity contribution in [3.63, 3.8) is 0 Å². The number of aromatic nitrogens is 3. The van der Waals surface area contributed by atoms with Crippen LogP contribution in [0.25, 0.3) is 21.7 Å². The van der Waals surface area contributed by atoms with Gasteiger partial charge in [-0.05, 0) is 31.0 Å². The van der Waals surface area contributed by atoms with Crippen molar-refractivity contribution in [2.45, 2.75) is 44.0 Å². The number of rotatable bonds is 3. The van der Waals surface area contributed by atoms with Crippen molar-refractivity contribution in [3.8, 4) is 0 Å². The second kappa shape index (κ2) is 9.64. The summed E-state index contributed by atoms with van der Waals surface area (Å²) >= 11 is 0. The van der Waals surface area contributed by atoms with Crippen molar-refractivity contribution >= 4 is 39.0 Å². The third-order valence-electron chi connectivity index (χ3n) is 7.73. The lowest BCUT2D eigenvalue weighted by molar-refractivity contribution is -0.141. The van der Waals surface area contributed by atoms with Crippen LogP contribution in [0.1, 0.15) is 37.4 Å². The predicted octanol–water partition coefficient (Wildman–Crippen LogP) is 4.29. The van der Waals surface area contributed by atoms with Gasteiger partial charge in [-0.15, -0.1) is 0 Å². The number of aliphatic hydroxyl groups excluding tert-OH is 1. The summed E-state index contributed by atoms with van der Waals surface area (Å²) in [6, 6.07) is 11.1. The highest BCUT2D eigenvalue weighted by atomic mass is 19.4. The topological polar surface area (TPSA) is 91.6 Å². The maximum Gasteiger partial charge on any atom is 0.433 e. The van der Waals surface area contributed by atoms with Gasteiger partial charge >= 0.3 is 6.18 Å². The number of aliphatic hydroxyl groups is 1. The molecule has 11 heteroatoms. The van der Waals surface area contributed by atoms with Crippen LogP contribution in [-0.2, 0) is 11.0 Å². The lowest BCUT2D eigenvalue weighted by atomic mass is 9.92. The summed E-state index contributed by atoms with van der Waals surface area (Å²) < 4.78 is 40.2. The Balaban J connectivity index is 1.36. The fraction of sp³-hybridized carbons (Fsp3) is 0.357. The lowest BCUT2D eigenvalue weighted by Gasteiger charge is -2.36. The number of fused-ring (bicyclic) bond motifs is 3. The quantitative estimate of drug-likeness (QED) is 0.392. The standard InChI is InChI=1S/C28H26F3N5O3/c29-28(30,31)24-10-9-17(14-32-24)35-12-11-34(15-25(35)38)22-13-20-26(19-6-2-1-5-18(19)22)33-16-36(27(20)39)21-7-3-4-8-23(21)37/h1-2,5-6,9-10,13-14,16,21,23,37H,3-4,7-8,11-12,15H2/t21-,23-/m0/s1. The minimum Gasteiger partial charge on any atom is -0.391 e. The van der Waals surface area contributed by atoms with Gasteiger partial charge in [0, 0.05) is 29.5 Å². The molecule has 0 radical (unpaired) electrons. The van der Waals surface area contributed by atoms with Gasteiger partial charge in [-0.1, -0.05) is 37.1 Å². The summed E-state index contributed by atoms with van der Waals surface area (Å²) in [5.74, 6) is -0.291. The highest BCUT2D eigenvalue weighted by Gasteiger charge is 2.33. The number of carbonyl (C=O) groups is 1. The van der Waals surface area contributed by atoms with Gasteiger partial charge in [-0.25, -0.2) is 9.97 Å². The molecule has 2 aromatic heterocycles. The normalized spacial score (nSPS) is 20.7. The van der Waals surface area contributed by atoms with Crippen molar-refractivity contribution in [1.29, 1.82) is 0 Å². The van der Waals surface area contributed by atoms with E-state index in [9.17, 15) is 27.9 Å². The van der Waals surface area contributed by atoms with Gasteiger partial charge in [0.2, 0.25) is 5.91 Å². The third-order valence-corrected chi connectivity index (χ3v) is 7.73. The highest BCUT2D eigenvalue weighted by molar-refractivity contribution is 6.12. The molecule has 1 saturated carbocycles. The van der Waals surface area contributed by atoms with E-state index < -0.39 is 18.0 Å². The molecule has 202 valence electrons. The van der Waals surface area contributed by atoms with Gasteiger partial charge in [0.15, 0.2) is 0 Å². The Labute approximate surface area is 221 Å². The molecule has 8 nitrogen and oxygen atoms in total. The number of piperazine rings is 1. The number of carbonyl (C=O) groups excluding carboxylic acids is 1. The number of pyridine rings is 1. The third kappa shape index (κ3) is 4.50. The Morgan fingerprint density at radius 3 is 2.38 bits per heavy atom. The van der Waals surface area contributed by atoms with Crippen molar-refractivity contribution in [3.05, 3.63) is 71.0 Å². The average molecular weight is 538 g/mol. The zero-order valence-corrected chi connectivity index (χ0v) is 20.9. The molecule has 4 aromatic rings. The predicted molar refractivity (Wildman–Crippen MR) is 141 cm³/mol. The molecule has 2 aliphatic rings. The molecule has 1 saturated heterocycles. The molecular weight excluding hydrogens is 511 g/mol. The number of halogens is 3. The fourth-order valence-corrected chi connectivity index (χ4v) is 5.73. The monoisotopic (exact) mass is 537 g/mol. The first kappa shape index (κ1) is 25.3. The molecule has 0 unspecified atom stereocenters. The fourth-order valence-electron chi connectivity index (χ4n) is 5.73. The smallest absolute Gasteiger partial charge is 0.391 e. The van der Waals surface area contributed by atoms with Gasteiger partial charge in [-0.3, -0.25) is 14.2 Å². The number of amides is 1. The minimum atomic E-state index is -4.55. The summed E-state index contributed by atoms with van der Waals surface area (Å²) in [5.41, 5.74) is 0.312. The second-order valence-corrected chi connectivity index (χ2v) is 10.1. The number of hydrogen-bond acceptors (Lipinski definition) is 6. The number of anilines is 2. The van der Waals surface area contributed by atoms with Crippen molar-refractivity contribution in [2.24, 2.45) is 0 Å². The Bertz CT molecular complexity index is 1620. The molecule has 39 heavy (non-hydrogen) atoms. The molecule has 0 bridgehead atoms. The van der Waals surface area contributed by atoms with Crippen molar-refractivity contribution in [2.75, 3.05) is 29.4 Å². The number of benzene rings is 2. The Morgan fingerprint density at radius 2 is 1.69 bits per heavy atom. The Hall–Kier alpha value is -3.99. The maximum atomic E-state index is 13.7. The first-order valence-electron chi connectivity index (χ1n) is 12.9. The van der Waals surface area contributed by atoms with Gasteiger partial charge in [0.25, 0.3) is 5.56 Å². The number of hydrogen-bond donors (Lipinski definition) is 1. The molecule has 2 fully saturated rings. The molecule has 1 aliphatic heterocycles. The molecule has 3 heterocycles. The van der Waals surface area contributed by atoms with Crippen molar-refractivity contribution in [1.82, 2.24) is 14.5 Å². The number of nitrogens with zero attached hydrogens (tertiary/aromatic N) is 5. The van der Waals surface area contributed by atoms with Crippen LogP contribution in [0.15, 0.2) is 59.8 Å². The van der Waals surface area contributed by atoms with Crippen LogP contribution in [0.5, 0.6) is 0 Å². The minimum absolute atomic E-state index is 0.0215. The van der Waals surface area contributed by atoms with Crippen molar-refractivity contribution < 1.29 is 23.1 Å². The van der Waals surface area contributed by atoms with E-state index in [2.05, 4.69) is 9.97 Å². The van der Waals surface area contributed by atoms with E-state index in [0.29, 0.717) is 41.7 Å². The summed E-state index contributed by atoms with van der Waals surface area (Å²) in [6.07, 6.45) is 0.609. The van der Waals surface area contributed by atoms with E-state index in [1.165, 1.54) is 21.9 Å². The van der Waals surface area contributed by atoms with Crippen LogP contribution in [0.3, 0.4) is 0 Å². The van der Waals surface area contributed by atoms with Gasteiger partial charge in [0.05, 0.1) is 47.8 Å². The van der Waals surface area contributed by atoms with E-state index in [0.717, 1.165) is 35.9 Å². The lowest BCUT2D eigenvalue weighted by Crippen LogP contribution is -2.50. The zero-order valence-electron chi connectivity index (χ0n) is 20.9. The molecule has 0 spiro atoms. The van der Waals surface area contributed by atoms with Gasteiger partial charge in [0.1, 0.15) is 5.69 Å². The molecule has 1 N–H and O–H groups in total. The molecular formula is C28H26F3N5O3. The van der Waals surface area contributed by atoms with E-state index in [1.807, 2.05) is 29.2 Å². The second-order valence-electron chi connectivity index (χ2n) is 10.1. The Morgan fingerprint density at radius 1 is 0.923 bits per heavy atom. The van der Waals surface area contributed by atoms with E-state index in [4.69, 9.17) is 0 Å². The molecule has 1 aliphatic carbocycles. The average Bonchev–Trinajstić information content (AvgIpc) is 2.93. The first-order valence-corrected chi connectivity index (χ1v) is 12.9. The highest BCUT2D eigenvalue weighted by Crippen LogP contribution is 2.35.